The largest absolute Gasteiger partial charge is 0.385 e. The highest BCUT2D eigenvalue weighted by Crippen LogP contribution is 2.21. The monoisotopic (exact) mass is 296 g/mol. The molecule has 0 spiro atoms. The van der Waals surface area contributed by atoms with Crippen LogP contribution in [0.3, 0.4) is 0 Å². The topological polar surface area (TPSA) is 55.2 Å². The minimum Gasteiger partial charge on any atom is -0.385 e. The van der Waals surface area contributed by atoms with Gasteiger partial charge in [0.25, 0.3) is 5.69 Å². The molecule has 0 saturated carbocycles. The molecular formula is C18H20N2O2. The van der Waals surface area contributed by atoms with Gasteiger partial charge in [-0.05, 0) is 48.2 Å². The lowest BCUT2D eigenvalue weighted by molar-refractivity contribution is -0.384. The van der Waals surface area contributed by atoms with E-state index in [1.54, 1.807) is 12.1 Å². The average molecular weight is 296 g/mol. The van der Waals surface area contributed by atoms with Gasteiger partial charge in [0.2, 0.25) is 0 Å². The molecule has 0 aliphatic rings. The third kappa shape index (κ3) is 4.19. The summed E-state index contributed by atoms with van der Waals surface area (Å²) in [6.45, 7) is 5.14. The molecule has 0 aliphatic carbocycles. The summed E-state index contributed by atoms with van der Waals surface area (Å²) in [6, 6.07) is 12.8. The Hall–Kier alpha value is -2.62. The van der Waals surface area contributed by atoms with Crippen molar-refractivity contribution in [1.82, 2.24) is 0 Å². The van der Waals surface area contributed by atoms with Crippen molar-refractivity contribution in [3.63, 3.8) is 0 Å². The predicted octanol–water partition coefficient (Wildman–Crippen LogP) is 4.90. The first-order chi connectivity index (χ1) is 10.6. The van der Waals surface area contributed by atoms with Gasteiger partial charge >= 0.3 is 0 Å². The van der Waals surface area contributed by atoms with Crippen LogP contribution in [-0.4, -0.2) is 11.5 Å². The fourth-order valence-electron chi connectivity index (χ4n) is 2.12. The molecule has 22 heavy (non-hydrogen) atoms. The van der Waals surface area contributed by atoms with Gasteiger partial charge in [0.05, 0.1) is 4.92 Å². The van der Waals surface area contributed by atoms with Gasteiger partial charge in [-0.1, -0.05) is 31.2 Å². The van der Waals surface area contributed by atoms with Crippen molar-refractivity contribution in [1.29, 1.82) is 0 Å². The van der Waals surface area contributed by atoms with Gasteiger partial charge in [-0.3, -0.25) is 10.1 Å². The van der Waals surface area contributed by atoms with Crippen molar-refractivity contribution < 1.29 is 4.92 Å². The number of nitro benzene ring substituents is 1. The number of anilines is 1. The Bertz CT molecular complexity index is 676. The van der Waals surface area contributed by atoms with E-state index in [1.807, 2.05) is 12.2 Å². The Kier molecular flexibility index (Phi) is 5.31. The SMILES string of the molecule is CCCNc1cc(C)ccc1C=Cc1ccc([N+](=O)[O-])cc1. The Morgan fingerprint density at radius 1 is 1.14 bits per heavy atom. The van der Waals surface area contributed by atoms with E-state index < -0.39 is 0 Å². The molecule has 0 heterocycles. The average Bonchev–Trinajstić information content (AvgIpc) is 2.52. The zero-order valence-electron chi connectivity index (χ0n) is 12.9. The molecule has 0 unspecified atom stereocenters. The molecule has 2 aromatic carbocycles. The highest BCUT2D eigenvalue weighted by Gasteiger charge is 2.03. The van der Waals surface area contributed by atoms with Crippen molar-refractivity contribution in [2.45, 2.75) is 20.3 Å². The minimum atomic E-state index is -0.389. The van der Waals surface area contributed by atoms with Gasteiger partial charge in [-0.2, -0.15) is 0 Å². The van der Waals surface area contributed by atoms with E-state index in [0.717, 1.165) is 29.8 Å². The maximum Gasteiger partial charge on any atom is 0.269 e. The van der Waals surface area contributed by atoms with Crippen LogP contribution in [0, 0.1) is 17.0 Å². The number of aryl methyl sites for hydroxylation is 1. The summed E-state index contributed by atoms with van der Waals surface area (Å²) < 4.78 is 0. The number of hydrogen-bond acceptors (Lipinski definition) is 3. The van der Waals surface area contributed by atoms with Crippen LogP contribution in [0.15, 0.2) is 42.5 Å². The summed E-state index contributed by atoms with van der Waals surface area (Å²) in [5.74, 6) is 0. The summed E-state index contributed by atoms with van der Waals surface area (Å²) in [6.07, 6.45) is 5.06. The van der Waals surface area contributed by atoms with Gasteiger partial charge in [0, 0.05) is 24.4 Å². The molecule has 0 bridgehead atoms. The smallest absolute Gasteiger partial charge is 0.269 e. The van der Waals surface area contributed by atoms with E-state index in [4.69, 9.17) is 0 Å². The standard InChI is InChI=1S/C18H20N2O2/c1-3-12-19-18-13-14(2)4-8-16(18)9-5-15-6-10-17(11-7-15)20(21)22/h4-11,13,19H,3,12H2,1-2H3. The quantitative estimate of drug-likeness (QED) is 0.469. The highest BCUT2D eigenvalue weighted by atomic mass is 16.6. The number of rotatable bonds is 6. The van der Waals surface area contributed by atoms with Crippen LogP contribution >= 0.6 is 0 Å². The van der Waals surface area contributed by atoms with E-state index in [0.29, 0.717) is 0 Å². The molecule has 114 valence electrons. The van der Waals surface area contributed by atoms with Gasteiger partial charge < -0.3 is 5.32 Å². The molecule has 0 amide bonds. The molecular weight excluding hydrogens is 276 g/mol. The number of benzene rings is 2. The van der Waals surface area contributed by atoms with Crippen molar-refractivity contribution in [2.75, 3.05) is 11.9 Å². The molecule has 0 aromatic heterocycles. The summed E-state index contributed by atoms with van der Waals surface area (Å²) in [5.41, 5.74) is 4.48. The molecule has 0 saturated heterocycles. The molecule has 4 nitrogen and oxygen atoms in total. The molecule has 0 fully saturated rings. The van der Waals surface area contributed by atoms with Crippen LogP contribution in [0.1, 0.15) is 30.0 Å². The third-order valence-electron chi connectivity index (χ3n) is 3.33. The zero-order chi connectivity index (χ0) is 15.9. The second kappa shape index (κ2) is 7.41. The van der Waals surface area contributed by atoms with Crippen molar-refractivity contribution >= 4 is 23.5 Å². The Balaban J connectivity index is 2.20. The molecule has 0 aliphatic heterocycles. The fourth-order valence-corrected chi connectivity index (χ4v) is 2.12. The van der Waals surface area contributed by atoms with E-state index in [2.05, 4.69) is 37.4 Å². The second-order valence-corrected chi connectivity index (χ2v) is 5.20. The van der Waals surface area contributed by atoms with Gasteiger partial charge in [0.15, 0.2) is 0 Å². The zero-order valence-corrected chi connectivity index (χ0v) is 12.9. The summed E-state index contributed by atoms with van der Waals surface area (Å²) in [5, 5.41) is 14.1. The number of non-ortho nitro benzene ring substituents is 1. The number of nitrogens with one attached hydrogen (secondary N) is 1. The lowest BCUT2D eigenvalue weighted by Crippen LogP contribution is -2.01. The van der Waals surface area contributed by atoms with E-state index in [1.165, 1.54) is 17.7 Å². The van der Waals surface area contributed by atoms with Gasteiger partial charge in [-0.25, -0.2) is 0 Å². The summed E-state index contributed by atoms with van der Waals surface area (Å²) in [4.78, 5) is 10.3. The van der Waals surface area contributed by atoms with Crippen LogP contribution in [-0.2, 0) is 0 Å². The molecule has 2 rings (SSSR count). The van der Waals surface area contributed by atoms with Crippen LogP contribution in [0.2, 0.25) is 0 Å². The second-order valence-electron chi connectivity index (χ2n) is 5.20. The molecule has 1 N–H and O–H groups in total. The van der Waals surface area contributed by atoms with E-state index in [-0.39, 0.29) is 10.6 Å². The molecule has 4 heteroatoms. The van der Waals surface area contributed by atoms with Crippen LogP contribution in [0.4, 0.5) is 11.4 Å². The lowest BCUT2D eigenvalue weighted by Gasteiger charge is -2.09. The maximum absolute atomic E-state index is 10.6. The highest BCUT2D eigenvalue weighted by molar-refractivity contribution is 5.77. The Morgan fingerprint density at radius 2 is 1.86 bits per heavy atom. The fraction of sp³-hybridized carbons (Fsp3) is 0.222. The molecule has 0 radical (unpaired) electrons. The number of nitrogens with zero attached hydrogens (tertiary/aromatic N) is 1. The Morgan fingerprint density at radius 3 is 2.50 bits per heavy atom. The number of nitro groups is 1. The van der Waals surface area contributed by atoms with E-state index >= 15 is 0 Å². The first-order valence-corrected chi connectivity index (χ1v) is 7.37. The van der Waals surface area contributed by atoms with Crippen molar-refractivity contribution in [2.24, 2.45) is 0 Å². The minimum absolute atomic E-state index is 0.109. The Labute approximate surface area is 130 Å². The van der Waals surface area contributed by atoms with Gasteiger partial charge in [0.1, 0.15) is 0 Å². The summed E-state index contributed by atoms with van der Waals surface area (Å²) >= 11 is 0. The lowest BCUT2D eigenvalue weighted by atomic mass is 10.1. The first-order valence-electron chi connectivity index (χ1n) is 7.37. The van der Waals surface area contributed by atoms with E-state index in [9.17, 15) is 10.1 Å². The predicted molar refractivity (Wildman–Crippen MR) is 92.0 cm³/mol. The molecule has 0 atom stereocenters. The third-order valence-corrected chi connectivity index (χ3v) is 3.33. The first kappa shape index (κ1) is 15.8. The molecule has 2 aromatic rings. The number of hydrogen-bond donors (Lipinski definition) is 1. The van der Waals surface area contributed by atoms with Crippen LogP contribution in [0.25, 0.3) is 12.2 Å². The van der Waals surface area contributed by atoms with Crippen LogP contribution in [0.5, 0.6) is 0 Å². The normalized spacial score (nSPS) is 10.8. The van der Waals surface area contributed by atoms with Crippen molar-refractivity contribution in [3.05, 3.63) is 69.3 Å². The summed E-state index contributed by atoms with van der Waals surface area (Å²) in [7, 11) is 0. The van der Waals surface area contributed by atoms with Crippen molar-refractivity contribution in [3.8, 4) is 0 Å². The van der Waals surface area contributed by atoms with Crippen LogP contribution < -0.4 is 5.32 Å². The maximum atomic E-state index is 10.6. The van der Waals surface area contributed by atoms with Gasteiger partial charge in [-0.15, -0.1) is 0 Å².